The predicted octanol–water partition coefficient (Wildman–Crippen LogP) is 2.74. The SMILES string of the molecule is O=C(CN(Cc1ccco1)C(=O)CCC(=O)Nc1ccccn1)NCc1ccccc1. The van der Waals surface area contributed by atoms with E-state index < -0.39 is 0 Å². The van der Waals surface area contributed by atoms with Crippen LogP contribution in [0.5, 0.6) is 0 Å². The van der Waals surface area contributed by atoms with E-state index in [0.29, 0.717) is 18.1 Å². The van der Waals surface area contributed by atoms with Gasteiger partial charge in [0.25, 0.3) is 0 Å². The third-order valence-corrected chi connectivity index (χ3v) is 4.44. The summed E-state index contributed by atoms with van der Waals surface area (Å²) in [6, 6.07) is 18.1. The Kier molecular flexibility index (Phi) is 7.93. The van der Waals surface area contributed by atoms with Crippen LogP contribution in [0, 0.1) is 0 Å². The molecule has 1 aromatic carbocycles. The van der Waals surface area contributed by atoms with E-state index >= 15 is 0 Å². The molecule has 0 saturated carbocycles. The number of furan rings is 1. The number of hydrogen-bond donors (Lipinski definition) is 2. The maximum Gasteiger partial charge on any atom is 0.239 e. The zero-order chi connectivity index (χ0) is 21.9. The second kappa shape index (κ2) is 11.3. The number of aromatic nitrogens is 1. The lowest BCUT2D eigenvalue weighted by Crippen LogP contribution is -2.40. The molecule has 0 fully saturated rings. The molecule has 0 aliphatic heterocycles. The van der Waals surface area contributed by atoms with Crippen LogP contribution in [0.15, 0.2) is 77.5 Å². The molecular weight excluding hydrogens is 396 g/mol. The first kappa shape index (κ1) is 21.8. The Bertz CT molecular complexity index is 975. The van der Waals surface area contributed by atoms with Crippen molar-refractivity contribution in [3.63, 3.8) is 0 Å². The van der Waals surface area contributed by atoms with Crippen LogP contribution in [0.3, 0.4) is 0 Å². The highest BCUT2D eigenvalue weighted by Gasteiger charge is 2.20. The van der Waals surface area contributed by atoms with Gasteiger partial charge >= 0.3 is 0 Å². The maximum absolute atomic E-state index is 12.7. The van der Waals surface area contributed by atoms with E-state index in [2.05, 4.69) is 15.6 Å². The first-order valence-electron chi connectivity index (χ1n) is 9.92. The number of hydrogen-bond acceptors (Lipinski definition) is 5. The quantitative estimate of drug-likeness (QED) is 0.525. The molecule has 0 radical (unpaired) electrons. The summed E-state index contributed by atoms with van der Waals surface area (Å²) in [6.45, 7) is 0.385. The van der Waals surface area contributed by atoms with Gasteiger partial charge in [-0.25, -0.2) is 4.98 Å². The smallest absolute Gasteiger partial charge is 0.239 e. The zero-order valence-electron chi connectivity index (χ0n) is 17.0. The molecule has 160 valence electrons. The fraction of sp³-hybridized carbons (Fsp3) is 0.217. The molecule has 3 aromatic rings. The van der Waals surface area contributed by atoms with E-state index in [1.165, 1.54) is 11.2 Å². The van der Waals surface area contributed by atoms with Gasteiger partial charge in [-0.05, 0) is 29.8 Å². The van der Waals surface area contributed by atoms with Crippen molar-refractivity contribution in [3.05, 3.63) is 84.4 Å². The van der Waals surface area contributed by atoms with Crippen LogP contribution in [0.2, 0.25) is 0 Å². The number of benzene rings is 1. The van der Waals surface area contributed by atoms with Crippen molar-refractivity contribution in [1.29, 1.82) is 0 Å². The minimum Gasteiger partial charge on any atom is -0.467 e. The van der Waals surface area contributed by atoms with Crippen molar-refractivity contribution in [2.24, 2.45) is 0 Å². The van der Waals surface area contributed by atoms with Crippen molar-refractivity contribution in [1.82, 2.24) is 15.2 Å². The minimum atomic E-state index is -0.321. The number of anilines is 1. The molecule has 0 spiro atoms. The maximum atomic E-state index is 12.7. The molecule has 0 atom stereocenters. The van der Waals surface area contributed by atoms with E-state index in [4.69, 9.17) is 4.42 Å². The number of amides is 3. The van der Waals surface area contributed by atoms with Gasteiger partial charge in [-0.1, -0.05) is 36.4 Å². The molecule has 0 aliphatic carbocycles. The lowest BCUT2D eigenvalue weighted by Gasteiger charge is -2.21. The van der Waals surface area contributed by atoms with Gasteiger partial charge in [0.05, 0.1) is 19.4 Å². The van der Waals surface area contributed by atoms with Gasteiger partial charge in [-0.15, -0.1) is 0 Å². The van der Waals surface area contributed by atoms with Crippen molar-refractivity contribution in [2.75, 3.05) is 11.9 Å². The Hall–Kier alpha value is -3.94. The van der Waals surface area contributed by atoms with E-state index in [1.807, 2.05) is 30.3 Å². The molecule has 31 heavy (non-hydrogen) atoms. The van der Waals surface area contributed by atoms with Gasteiger partial charge in [0.2, 0.25) is 17.7 Å². The van der Waals surface area contributed by atoms with Crippen molar-refractivity contribution >= 4 is 23.5 Å². The van der Waals surface area contributed by atoms with Crippen LogP contribution < -0.4 is 10.6 Å². The van der Waals surface area contributed by atoms with Crippen LogP contribution in [-0.2, 0) is 27.5 Å². The van der Waals surface area contributed by atoms with Crippen molar-refractivity contribution in [2.45, 2.75) is 25.9 Å². The molecule has 2 N–H and O–H groups in total. The molecule has 3 rings (SSSR count). The summed E-state index contributed by atoms with van der Waals surface area (Å²) in [7, 11) is 0. The molecule has 0 bridgehead atoms. The topological polar surface area (TPSA) is 105 Å². The number of nitrogens with zero attached hydrogens (tertiary/aromatic N) is 2. The third kappa shape index (κ3) is 7.43. The summed E-state index contributed by atoms with van der Waals surface area (Å²) in [5.74, 6) is 0.0532. The number of carbonyl (C=O) groups excluding carboxylic acids is 3. The van der Waals surface area contributed by atoms with Gasteiger partial charge in [-0.3, -0.25) is 14.4 Å². The summed E-state index contributed by atoms with van der Waals surface area (Å²) < 4.78 is 5.32. The summed E-state index contributed by atoms with van der Waals surface area (Å²) in [5, 5.41) is 5.45. The molecule has 8 heteroatoms. The molecule has 2 heterocycles. The second-order valence-corrected chi connectivity index (χ2v) is 6.85. The Labute approximate surface area is 180 Å². The van der Waals surface area contributed by atoms with Crippen LogP contribution in [0.25, 0.3) is 0 Å². The highest BCUT2D eigenvalue weighted by atomic mass is 16.3. The fourth-order valence-electron chi connectivity index (χ4n) is 2.87. The molecule has 3 amide bonds. The van der Waals surface area contributed by atoms with Crippen molar-refractivity contribution < 1.29 is 18.8 Å². The predicted molar refractivity (Wildman–Crippen MR) is 115 cm³/mol. The summed E-state index contributed by atoms with van der Waals surface area (Å²) in [5.41, 5.74) is 0.964. The largest absolute Gasteiger partial charge is 0.467 e. The molecule has 8 nitrogen and oxygen atoms in total. The Morgan fingerprint density at radius 1 is 0.903 bits per heavy atom. The van der Waals surface area contributed by atoms with E-state index in [0.717, 1.165) is 5.56 Å². The van der Waals surface area contributed by atoms with Gasteiger partial charge in [0.1, 0.15) is 11.6 Å². The van der Waals surface area contributed by atoms with Crippen LogP contribution in [0.1, 0.15) is 24.2 Å². The van der Waals surface area contributed by atoms with Crippen molar-refractivity contribution in [3.8, 4) is 0 Å². The molecule has 0 unspecified atom stereocenters. The van der Waals surface area contributed by atoms with E-state index in [9.17, 15) is 14.4 Å². The zero-order valence-corrected chi connectivity index (χ0v) is 17.0. The molecule has 0 saturated heterocycles. The van der Waals surface area contributed by atoms with E-state index in [-0.39, 0.29) is 43.7 Å². The first-order valence-corrected chi connectivity index (χ1v) is 9.92. The fourth-order valence-corrected chi connectivity index (χ4v) is 2.87. The number of rotatable bonds is 10. The standard InChI is InChI=1S/C23H24N4O4/c28-21(26-20-10-4-5-13-24-20)11-12-23(30)27(16-19-9-6-14-31-19)17-22(29)25-15-18-7-2-1-3-8-18/h1-10,13-14H,11-12,15-17H2,(H,25,29)(H,24,26,28). The average molecular weight is 420 g/mol. The van der Waals surface area contributed by atoms with Gasteiger partial charge in [-0.2, -0.15) is 0 Å². The van der Waals surface area contributed by atoms with Gasteiger partial charge in [0.15, 0.2) is 0 Å². The number of carbonyl (C=O) groups is 3. The van der Waals surface area contributed by atoms with Crippen LogP contribution in [-0.4, -0.2) is 34.2 Å². The van der Waals surface area contributed by atoms with Crippen LogP contribution >= 0.6 is 0 Å². The van der Waals surface area contributed by atoms with Crippen LogP contribution in [0.4, 0.5) is 5.82 Å². The first-order chi connectivity index (χ1) is 15.1. The van der Waals surface area contributed by atoms with Gasteiger partial charge in [0, 0.05) is 25.6 Å². The highest BCUT2D eigenvalue weighted by molar-refractivity contribution is 5.93. The third-order valence-electron chi connectivity index (χ3n) is 4.44. The average Bonchev–Trinajstić information content (AvgIpc) is 3.30. The Balaban J connectivity index is 1.53. The minimum absolute atomic E-state index is 0.0182. The lowest BCUT2D eigenvalue weighted by atomic mass is 10.2. The normalized spacial score (nSPS) is 10.3. The summed E-state index contributed by atoms with van der Waals surface area (Å²) in [6.07, 6.45) is 3.02. The monoisotopic (exact) mass is 420 g/mol. The molecular formula is C23H24N4O4. The highest BCUT2D eigenvalue weighted by Crippen LogP contribution is 2.09. The molecule has 0 aliphatic rings. The molecule has 2 aromatic heterocycles. The second-order valence-electron chi connectivity index (χ2n) is 6.85. The Morgan fingerprint density at radius 3 is 2.42 bits per heavy atom. The number of nitrogens with one attached hydrogen (secondary N) is 2. The van der Waals surface area contributed by atoms with E-state index in [1.54, 1.807) is 36.5 Å². The van der Waals surface area contributed by atoms with Gasteiger partial charge < -0.3 is 20.0 Å². The summed E-state index contributed by atoms with van der Waals surface area (Å²) in [4.78, 5) is 42.7. The lowest BCUT2D eigenvalue weighted by molar-refractivity contribution is -0.137. The Morgan fingerprint density at radius 2 is 1.71 bits per heavy atom. The number of pyridine rings is 1. The summed E-state index contributed by atoms with van der Waals surface area (Å²) >= 11 is 0.